The topological polar surface area (TPSA) is 20.2 Å². The van der Waals surface area contributed by atoms with E-state index in [0.29, 0.717) is 11.8 Å². The summed E-state index contributed by atoms with van der Waals surface area (Å²) < 4.78 is 0.0165. The summed E-state index contributed by atoms with van der Waals surface area (Å²) in [5, 5.41) is 10.4. The summed E-state index contributed by atoms with van der Waals surface area (Å²) in [7, 11) is 0. The number of hydrogen-bond acceptors (Lipinski definition) is 1. The average molecular weight is 300 g/mol. The van der Waals surface area contributed by atoms with E-state index in [9.17, 15) is 5.11 Å². The van der Waals surface area contributed by atoms with E-state index in [1.165, 1.54) is 6.42 Å². The normalized spacial score (nSPS) is 43.5. The quantitative estimate of drug-likeness (QED) is 0.737. The maximum absolute atomic E-state index is 10.4. The molecule has 0 aromatic carbocycles. The standard InChI is InChI=1S/C9H16Br2O/c1-6-4-3-5-7(2)9(6,12)8(10)11/h6-8,12H,3-5H2,1-2H3/t6-,7+,9?. The Labute approximate surface area is 91.2 Å². The highest BCUT2D eigenvalue weighted by atomic mass is 79.9. The van der Waals surface area contributed by atoms with E-state index in [-0.39, 0.29) is 3.74 Å². The first kappa shape index (κ1) is 11.0. The Morgan fingerprint density at radius 2 is 1.67 bits per heavy atom. The van der Waals surface area contributed by atoms with Crippen molar-refractivity contribution in [2.24, 2.45) is 11.8 Å². The first-order valence-electron chi connectivity index (χ1n) is 4.50. The van der Waals surface area contributed by atoms with Crippen molar-refractivity contribution < 1.29 is 5.11 Å². The molecule has 0 bridgehead atoms. The summed E-state index contributed by atoms with van der Waals surface area (Å²) >= 11 is 6.88. The van der Waals surface area contributed by atoms with E-state index in [4.69, 9.17) is 0 Å². The predicted octanol–water partition coefficient (Wildman–Crippen LogP) is 3.29. The minimum Gasteiger partial charge on any atom is -0.387 e. The zero-order valence-corrected chi connectivity index (χ0v) is 10.7. The molecule has 0 saturated heterocycles. The minimum atomic E-state index is -0.571. The van der Waals surface area contributed by atoms with Crippen LogP contribution in [0, 0.1) is 11.8 Å². The van der Waals surface area contributed by atoms with Crippen molar-refractivity contribution in [2.75, 3.05) is 0 Å². The Balaban J connectivity index is 2.80. The molecule has 0 heterocycles. The fraction of sp³-hybridized carbons (Fsp3) is 1.00. The Morgan fingerprint density at radius 3 is 1.92 bits per heavy atom. The van der Waals surface area contributed by atoms with E-state index in [1.807, 2.05) is 0 Å². The van der Waals surface area contributed by atoms with Gasteiger partial charge in [-0.05, 0) is 24.7 Å². The van der Waals surface area contributed by atoms with Gasteiger partial charge in [-0.2, -0.15) is 0 Å². The van der Waals surface area contributed by atoms with E-state index < -0.39 is 5.60 Å². The van der Waals surface area contributed by atoms with Crippen molar-refractivity contribution in [3.8, 4) is 0 Å². The van der Waals surface area contributed by atoms with Gasteiger partial charge >= 0.3 is 0 Å². The van der Waals surface area contributed by atoms with Crippen LogP contribution < -0.4 is 0 Å². The largest absolute Gasteiger partial charge is 0.387 e. The minimum absolute atomic E-state index is 0.0165. The van der Waals surface area contributed by atoms with Crippen LogP contribution in [0.15, 0.2) is 0 Å². The average Bonchev–Trinajstić information content (AvgIpc) is 1.99. The summed E-state index contributed by atoms with van der Waals surface area (Å²) in [4.78, 5) is 0. The van der Waals surface area contributed by atoms with Crippen LogP contribution in [0.1, 0.15) is 33.1 Å². The second-order valence-corrected chi connectivity index (χ2v) is 6.98. The van der Waals surface area contributed by atoms with Crippen molar-refractivity contribution in [1.29, 1.82) is 0 Å². The molecular formula is C9H16Br2O. The van der Waals surface area contributed by atoms with E-state index >= 15 is 0 Å². The highest BCUT2D eigenvalue weighted by Gasteiger charge is 2.45. The molecule has 1 nitrogen and oxygen atoms in total. The Morgan fingerprint density at radius 1 is 1.25 bits per heavy atom. The van der Waals surface area contributed by atoms with Crippen LogP contribution in [0.25, 0.3) is 0 Å². The van der Waals surface area contributed by atoms with Gasteiger partial charge in [0.25, 0.3) is 0 Å². The van der Waals surface area contributed by atoms with E-state index in [2.05, 4.69) is 45.7 Å². The van der Waals surface area contributed by atoms with Gasteiger partial charge in [-0.25, -0.2) is 0 Å². The second kappa shape index (κ2) is 3.97. The molecule has 0 spiro atoms. The molecule has 1 fully saturated rings. The van der Waals surface area contributed by atoms with Crippen molar-refractivity contribution in [3.05, 3.63) is 0 Å². The Kier molecular flexibility index (Phi) is 3.64. The molecule has 0 aliphatic heterocycles. The molecule has 0 radical (unpaired) electrons. The molecule has 0 aromatic heterocycles. The first-order valence-corrected chi connectivity index (χ1v) is 6.33. The summed E-state index contributed by atoms with van der Waals surface area (Å²) in [6.07, 6.45) is 3.51. The Hall–Kier alpha value is 0.920. The molecular weight excluding hydrogens is 284 g/mol. The highest BCUT2D eigenvalue weighted by molar-refractivity contribution is 9.24. The summed E-state index contributed by atoms with van der Waals surface area (Å²) in [6.45, 7) is 4.26. The lowest BCUT2D eigenvalue weighted by molar-refractivity contribution is -0.0660. The number of alkyl halides is 2. The van der Waals surface area contributed by atoms with Gasteiger partial charge in [0.2, 0.25) is 0 Å². The maximum Gasteiger partial charge on any atom is 0.0989 e. The second-order valence-electron chi connectivity index (χ2n) is 3.92. The molecule has 1 unspecified atom stereocenters. The van der Waals surface area contributed by atoms with Crippen molar-refractivity contribution >= 4 is 31.9 Å². The number of hydrogen-bond donors (Lipinski definition) is 1. The van der Waals surface area contributed by atoms with Gasteiger partial charge in [0.1, 0.15) is 0 Å². The fourth-order valence-electron chi connectivity index (χ4n) is 2.11. The molecule has 0 aromatic rings. The Bertz CT molecular complexity index is 149. The lowest BCUT2D eigenvalue weighted by atomic mass is 9.71. The summed E-state index contributed by atoms with van der Waals surface area (Å²) in [5.41, 5.74) is -0.571. The van der Waals surface area contributed by atoms with Crippen LogP contribution in [-0.2, 0) is 0 Å². The lowest BCUT2D eigenvalue weighted by Crippen LogP contribution is -2.50. The van der Waals surface area contributed by atoms with Crippen LogP contribution in [0.3, 0.4) is 0 Å². The zero-order valence-electron chi connectivity index (χ0n) is 7.56. The maximum atomic E-state index is 10.4. The van der Waals surface area contributed by atoms with Gasteiger partial charge in [-0.3, -0.25) is 0 Å². The van der Waals surface area contributed by atoms with Crippen molar-refractivity contribution in [1.82, 2.24) is 0 Å². The van der Waals surface area contributed by atoms with Crippen molar-refractivity contribution in [2.45, 2.75) is 42.4 Å². The number of halogens is 2. The molecule has 1 rings (SSSR count). The SMILES string of the molecule is C[C@@H]1CCC[C@H](C)C1(O)C(Br)Br. The molecule has 1 aliphatic rings. The van der Waals surface area contributed by atoms with Crippen LogP contribution in [0.5, 0.6) is 0 Å². The highest BCUT2D eigenvalue weighted by Crippen LogP contribution is 2.44. The van der Waals surface area contributed by atoms with Gasteiger partial charge in [-0.1, -0.05) is 52.1 Å². The third-order valence-corrected chi connectivity index (χ3v) is 4.67. The molecule has 0 amide bonds. The van der Waals surface area contributed by atoms with Crippen molar-refractivity contribution in [3.63, 3.8) is 0 Å². The monoisotopic (exact) mass is 298 g/mol. The predicted molar refractivity (Wildman–Crippen MR) is 58.8 cm³/mol. The van der Waals surface area contributed by atoms with Crippen LogP contribution in [0.2, 0.25) is 0 Å². The number of aliphatic hydroxyl groups is 1. The van der Waals surface area contributed by atoms with Gasteiger partial charge in [0.15, 0.2) is 0 Å². The molecule has 3 heteroatoms. The molecule has 1 aliphatic carbocycles. The van der Waals surface area contributed by atoms with Gasteiger partial charge < -0.3 is 5.11 Å². The molecule has 12 heavy (non-hydrogen) atoms. The van der Waals surface area contributed by atoms with Crippen LogP contribution in [-0.4, -0.2) is 14.4 Å². The smallest absolute Gasteiger partial charge is 0.0989 e. The lowest BCUT2D eigenvalue weighted by Gasteiger charge is -2.44. The summed E-state index contributed by atoms with van der Waals surface area (Å²) in [6, 6.07) is 0. The zero-order chi connectivity index (χ0) is 9.35. The fourth-order valence-corrected chi connectivity index (χ4v) is 3.91. The number of rotatable bonds is 1. The third kappa shape index (κ3) is 1.73. The van der Waals surface area contributed by atoms with Gasteiger partial charge in [0.05, 0.1) is 9.34 Å². The molecule has 1 N–H and O–H groups in total. The third-order valence-electron chi connectivity index (χ3n) is 3.20. The van der Waals surface area contributed by atoms with E-state index in [0.717, 1.165) is 12.8 Å². The first-order chi connectivity index (χ1) is 5.49. The van der Waals surface area contributed by atoms with Gasteiger partial charge in [-0.15, -0.1) is 0 Å². The molecule has 3 atom stereocenters. The molecule has 1 saturated carbocycles. The van der Waals surface area contributed by atoms with Crippen LogP contribution >= 0.6 is 31.9 Å². The van der Waals surface area contributed by atoms with Crippen LogP contribution in [0.4, 0.5) is 0 Å². The summed E-state index contributed by atoms with van der Waals surface area (Å²) in [5.74, 6) is 0.759. The molecule has 72 valence electrons. The van der Waals surface area contributed by atoms with E-state index in [1.54, 1.807) is 0 Å². The van der Waals surface area contributed by atoms with Gasteiger partial charge in [0, 0.05) is 0 Å².